The normalized spacial score (nSPS) is 16.4. The van der Waals surface area contributed by atoms with E-state index in [2.05, 4.69) is 11.9 Å². The molecule has 3 rings (SSSR count). The number of hydrogen-bond donors (Lipinski definition) is 1. The van der Waals surface area contributed by atoms with Crippen LogP contribution in [0.25, 0.3) is 0 Å². The average molecular weight is 381 g/mol. The Bertz CT molecular complexity index is 909. The molecule has 0 aliphatic carbocycles. The molecule has 1 aliphatic heterocycles. The van der Waals surface area contributed by atoms with Gasteiger partial charge in [-0.15, -0.1) is 6.58 Å². The lowest BCUT2D eigenvalue weighted by atomic mass is 10.1. The molecule has 0 unspecified atom stereocenters. The van der Waals surface area contributed by atoms with E-state index in [1.807, 2.05) is 19.1 Å². The van der Waals surface area contributed by atoms with Crippen molar-refractivity contribution in [3.05, 3.63) is 72.6 Å². The van der Waals surface area contributed by atoms with Crippen LogP contribution in [0.2, 0.25) is 0 Å². The van der Waals surface area contributed by atoms with Gasteiger partial charge in [-0.3, -0.25) is 9.59 Å². The van der Waals surface area contributed by atoms with Gasteiger partial charge in [-0.05, 0) is 43.3 Å². The summed E-state index contributed by atoms with van der Waals surface area (Å²) in [6, 6.07) is 10.9. The van der Waals surface area contributed by atoms with Crippen LogP contribution in [0.3, 0.4) is 0 Å². The summed E-state index contributed by atoms with van der Waals surface area (Å²) in [4.78, 5) is 40.5. The van der Waals surface area contributed by atoms with E-state index in [4.69, 9.17) is 0 Å². The van der Waals surface area contributed by atoms with Crippen molar-refractivity contribution in [3.63, 3.8) is 0 Å². The minimum Gasteiger partial charge on any atom is -0.326 e. The maximum atomic E-state index is 13.0. The molecule has 144 valence electrons. The first-order chi connectivity index (χ1) is 13.4. The van der Waals surface area contributed by atoms with Gasteiger partial charge in [0, 0.05) is 12.2 Å². The van der Waals surface area contributed by atoms with Crippen LogP contribution >= 0.6 is 0 Å². The molecule has 1 atom stereocenters. The Kier molecular flexibility index (Phi) is 5.54. The van der Waals surface area contributed by atoms with E-state index < -0.39 is 29.7 Å². The van der Waals surface area contributed by atoms with Crippen LogP contribution in [0, 0.1) is 12.7 Å². The van der Waals surface area contributed by atoms with Gasteiger partial charge >= 0.3 is 6.03 Å². The fourth-order valence-electron chi connectivity index (χ4n) is 3.03. The van der Waals surface area contributed by atoms with Gasteiger partial charge in [-0.1, -0.05) is 23.8 Å². The highest BCUT2D eigenvalue weighted by Gasteiger charge is 2.46. The summed E-state index contributed by atoms with van der Waals surface area (Å²) < 4.78 is 13.0. The second-order valence-corrected chi connectivity index (χ2v) is 6.51. The van der Waals surface area contributed by atoms with Crippen molar-refractivity contribution in [3.8, 4) is 0 Å². The van der Waals surface area contributed by atoms with Gasteiger partial charge in [0.1, 0.15) is 11.9 Å². The van der Waals surface area contributed by atoms with E-state index in [-0.39, 0.29) is 13.0 Å². The van der Waals surface area contributed by atoms with Crippen LogP contribution in [-0.4, -0.2) is 35.3 Å². The minimum absolute atomic E-state index is 0.140. The maximum Gasteiger partial charge on any atom is 0.332 e. The van der Waals surface area contributed by atoms with E-state index in [1.54, 1.807) is 12.1 Å². The summed E-state index contributed by atoms with van der Waals surface area (Å²) >= 11 is 0. The highest BCUT2D eigenvalue weighted by atomic mass is 19.1. The Morgan fingerprint density at radius 2 is 1.79 bits per heavy atom. The fraction of sp³-hybridized carbons (Fsp3) is 0.190. The quantitative estimate of drug-likeness (QED) is 0.615. The zero-order valence-corrected chi connectivity index (χ0v) is 15.4. The SMILES string of the molecule is C=CCN1C(=O)N(c2ccc(C)cc2)C(=O)[C@H]1CC(=O)Nc1ccc(F)cc1. The van der Waals surface area contributed by atoms with E-state index in [0.717, 1.165) is 10.5 Å². The van der Waals surface area contributed by atoms with Gasteiger partial charge in [0.15, 0.2) is 0 Å². The van der Waals surface area contributed by atoms with Gasteiger partial charge in [0.2, 0.25) is 5.91 Å². The predicted molar refractivity (Wildman–Crippen MR) is 104 cm³/mol. The molecular weight excluding hydrogens is 361 g/mol. The van der Waals surface area contributed by atoms with Crippen LogP contribution in [0.5, 0.6) is 0 Å². The second-order valence-electron chi connectivity index (χ2n) is 6.51. The number of carbonyl (C=O) groups excluding carboxylic acids is 3. The molecule has 0 saturated carbocycles. The lowest BCUT2D eigenvalue weighted by Crippen LogP contribution is -2.38. The number of rotatable bonds is 6. The number of nitrogens with one attached hydrogen (secondary N) is 1. The third-order valence-electron chi connectivity index (χ3n) is 4.44. The monoisotopic (exact) mass is 381 g/mol. The number of urea groups is 1. The molecule has 1 heterocycles. The molecule has 0 bridgehead atoms. The Morgan fingerprint density at radius 3 is 2.39 bits per heavy atom. The number of hydrogen-bond acceptors (Lipinski definition) is 3. The highest BCUT2D eigenvalue weighted by molar-refractivity contribution is 6.22. The molecule has 1 N–H and O–H groups in total. The number of imide groups is 1. The van der Waals surface area contributed by atoms with Gasteiger partial charge in [0.25, 0.3) is 5.91 Å². The molecule has 6 nitrogen and oxygen atoms in total. The summed E-state index contributed by atoms with van der Waals surface area (Å²) in [6.07, 6.45) is 1.30. The standard InChI is InChI=1S/C21H20FN3O3/c1-3-12-24-18(13-19(26)23-16-8-6-15(22)7-9-16)20(27)25(21(24)28)17-10-4-14(2)5-11-17/h3-11,18H,1,12-13H2,2H3,(H,23,26)/t18-/m1/s1. The molecule has 1 fully saturated rings. The number of benzene rings is 2. The van der Waals surface area contributed by atoms with Gasteiger partial charge in [0.05, 0.1) is 12.1 Å². The number of aryl methyl sites for hydroxylation is 1. The van der Waals surface area contributed by atoms with E-state index in [1.165, 1.54) is 35.2 Å². The summed E-state index contributed by atoms with van der Waals surface area (Å²) in [5.74, 6) is -1.33. The van der Waals surface area contributed by atoms with Crippen LogP contribution in [0.1, 0.15) is 12.0 Å². The first kappa shape index (κ1) is 19.3. The van der Waals surface area contributed by atoms with Crippen LogP contribution < -0.4 is 10.2 Å². The van der Waals surface area contributed by atoms with E-state index in [0.29, 0.717) is 11.4 Å². The number of anilines is 2. The van der Waals surface area contributed by atoms with Crippen molar-refractivity contribution in [1.82, 2.24) is 4.90 Å². The Hall–Kier alpha value is -3.48. The van der Waals surface area contributed by atoms with E-state index >= 15 is 0 Å². The molecule has 7 heteroatoms. The summed E-state index contributed by atoms with van der Waals surface area (Å²) in [5, 5.41) is 2.62. The van der Waals surface area contributed by atoms with Crippen LogP contribution in [-0.2, 0) is 9.59 Å². The first-order valence-corrected chi connectivity index (χ1v) is 8.78. The number of nitrogens with zero attached hydrogens (tertiary/aromatic N) is 2. The summed E-state index contributed by atoms with van der Waals surface area (Å²) in [6.45, 7) is 5.67. The first-order valence-electron chi connectivity index (χ1n) is 8.78. The lowest BCUT2D eigenvalue weighted by molar-refractivity contribution is -0.124. The molecule has 1 aliphatic rings. The van der Waals surface area contributed by atoms with Gasteiger partial charge in [-0.25, -0.2) is 14.1 Å². The third kappa shape index (κ3) is 3.93. The molecule has 28 heavy (non-hydrogen) atoms. The van der Waals surface area contributed by atoms with Crippen molar-refractivity contribution >= 4 is 29.2 Å². The van der Waals surface area contributed by atoms with Crippen molar-refractivity contribution in [2.45, 2.75) is 19.4 Å². The Labute approximate surface area is 162 Å². The third-order valence-corrected chi connectivity index (χ3v) is 4.44. The van der Waals surface area contributed by atoms with Crippen LogP contribution in [0.15, 0.2) is 61.2 Å². The Morgan fingerprint density at radius 1 is 1.14 bits per heavy atom. The molecule has 0 spiro atoms. The fourth-order valence-corrected chi connectivity index (χ4v) is 3.03. The molecule has 1 saturated heterocycles. The van der Waals surface area contributed by atoms with Crippen molar-refractivity contribution in [2.24, 2.45) is 0 Å². The largest absolute Gasteiger partial charge is 0.332 e. The zero-order chi connectivity index (χ0) is 20.3. The lowest BCUT2D eigenvalue weighted by Gasteiger charge is -2.19. The van der Waals surface area contributed by atoms with Gasteiger partial charge < -0.3 is 10.2 Å². The van der Waals surface area contributed by atoms with Crippen LogP contribution in [0.4, 0.5) is 20.6 Å². The van der Waals surface area contributed by atoms with Crippen molar-refractivity contribution in [1.29, 1.82) is 0 Å². The smallest absolute Gasteiger partial charge is 0.326 e. The van der Waals surface area contributed by atoms with Gasteiger partial charge in [-0.2, -0.15) is 0 Å². The summed E-state index contributed by atoms with van der Waals surface area (Å²) in [7, 11) is 0. The molecule has 4 amide bonds. The van der Waals surface area contributed by atoms with E-state index in [9.17, 15) is 18.8 Å². The zero-order valence-electron chi connectivity index (χ0n) is 15.4. The maximum absolute atomic E-state index is 13.0. The molecule has 2 aromatic carbocycles. The highest BCUT2D eigenvalue weighted by Crippen LogP contribution is 2.27. The Balaban J connectivity index is 1.79. The predicted octanol–water partition coefficient (Wildman–Crippen LogP) is 3.49. The summed E-state index contributed by atoms with van der Waals surface area (Å²) in [5.41, 5.74) is 1.87. The molecule has 2 aromatic rings. The number of amides is 4. The minimum atomic E-state index is -0.938. The molecule has 0 aromatic heterocycles. The number of carbonyl (C=O) groups is 3. The molecule has 0 radical (unpaired) electrons. The second kappa shape index (κ2) is 8.04. The number of halogens is 1. The molecular formula is C21H20FN3O3. The topological polar surface area (TPSA) is 69.7 Å². The van der Waals surface area contributed by atoms with Crippen molar-refractivity contribution < 1.29 is 18.8 Å². The average Bonchev–Trinajstić information content (AvgIpc) is 2.89. The van der Waals surface area contributed by atoms with Crippen molar-refractivity contribution in [2.75, 3.05) is 16.8 Å².